The van der Waals surface area contributed by atoms with E-state index in [1.807, 2.05) is 31.2 Å². The summed E-state index contributed by atoms with van der Waals surface area (Å²) >= 11 is 0. The molecule has 0 radical (unpaired) electrons. The number of rotatable bonds is 3. The highest BCUT2D eigenvalue weighted by Gasteiger charge is 2.13. The van der Waals surface area contributed by atoms with E-state index < -0.39 is 0 Å². The van der Waals surface area contributed by atoms with Gasteiger partial charge >= 0.3 is 0 Å². The Morgan fingerprint density at radius 1 is 1.22 bits per heavy atom. The van der Waals surface area contributed by atoms with E-state index in [2.05, 4.69) is 16.0 Å². The van der Waals surface area contributed by atoms with Crippen LogP contribution in [0, 0.1) is 0 Å². The fraction of sp³-hybridized carbons (Fsp3) is 0.200. The average molecular weight is 238 g/mol. The van der Waals surface area contributed by atoms with E-state index in [0.29, 0.717) is 12.1 Å². The van der Waals surface area contributed by atoms with Crippen LogP contribution in [0.1, 0.15) is 30.3 Å². The van der Waals surface area contributed by atoms with Crippen molar-refractivity contribution in [3.8, 4) is 0 Å². The van der Waals surface area contributed by atoms with Crippen molar-refractivity contribution in [3.63, 3.8) is 0 Å². The van der Waals surface area contributed by atoms with Crippen LogP contribution in [-0.4, -0.2) is 15.8 Å². The average Bonchev–Trinajstić information content (AvgIpc) is 2.77. The minimum Gasteiger partial charge on any atom is -0.353 e. The molecular weight excluding hydrogens is 224 g/mol. The second-order valence-electron chi connectivity index (χ2n) is 4.43. The molecule has 3 aromatic rings. The van der Waals surface area contributed by atoms with Crippen LogP contribution in [0.25, 0.3) is 21.8 Å². The van der Waals surface area contributed by atoms with Crippen molar-refractivity contribution in [2.45, 2.75) is 19.8 Å². The molecule has 0 saturated heterocycles. The van der Waals surface area contributed by atoms with Crippen molar-refractivity contribution < 1.29 is 4.79 Å². The molecule has 18 heavy (non-hydrogen) atoms. The minimum absolute atomic E-state index is 0.106. The number of para-hydroxylation sites is 1. The van der Waals surface area contributed by atoms with Gasteiger partial charge in [0, 0.05) is 28.9 Å². The summed E-state index contributed by atoms with van der Waals surface area (Å²) in [5.41, 5.74) is 2.47. The number of carbonyl (C=O) groups excluding carboxylic acids is 1. The van der Waals surface area contributed by atoms with Crippen molar-refractivity contribution >= 4 is 27.6 Å². The summed E-state index contributed by atoms with van der Waals surface area (Å²) in [7, 11) is 0. The highest BCUT2D eigenvalue weighted by molar-refractivity contribution is 6.14. The fourth-order valence-electron chi connectivity index (χ4n) is 2.33. The third-order valence-corrected chi connectivity index (χ3v) is 3.17. The molecule has 0 saturated carbocycles. The van der Waals surface area contributed by atoms with Gasteiger partial charge in [-0.3, -0.25) is 9.78 Å². The van der Waals surface area contributed by atoms with E-state index in [1.165, 1.54) is 0 Å². The van der Waals surface area contributed by atoms with Gasteiger partial charge in [-0.05, 0) is 18.6 Å². The van der Waals surface area contributed by atoms with Gasteiger partial charge in [0.1, 0.15) is 5.69 Å². The van der Waals surface area contributed by atoms with Gasteiger partial charge in [0.25, 0.3) is 0 Å². The summed E-state index contributed by atoms with van der Waals surface area (Å²) < 4.78 is 0. The summed E-state index contributed by atoms with van der Waals surface area (Å²) in [6, 6.07) is 10.0. The SMILES string of the molecule is CCCC(=O)c1nccc2c1[nH]c1ccccc12. The van der Waals surface area contributed by atoms with Crippen LogP contribution in [0.15, 0.2) is 36.5 Å². The number of H-pyrrole nitrogens is 1. The zero-order valence-corrected chi connectivity index (χ0v) is 10.2. The van der Waals surface area contributed by atoms with Crippen LogP contribution in [0.5, 0.6) is 0 Å². The summed E-state index contributed by atoms with van der Waals surface area (Å²) in [5.74, 6) is 0.106. The summed E-state index contributed by atoms with van der Waals surface area (Å²) in [6.45, 7) is 2.00. The number of nitrogens with zero attached hydrogens (tertiary/aromatic N) is 1. The molecule has 1 aromatic carbocycles. The van der Waals surface area contributed by atoms with Crippen molar-refractivity contribution in [1.29, 1.82) is 0 Å². The summed E-state index contributed by atoms with van der Waals surface area (Å²) in [6.07, 6.45) is 3.10. The van der Waals surface area contributed by atoms with Crippen molar-refractivity contribution in [2.24, 2.45) is 0 Å². The Labute approximate surface area is 105 Å². The largest absolute Gasteiger partial charge is 0.353 e. The van der Waals surface area contributed by atoms with E-state index >= 15 is 0 Å². The van der Waals surface area contributed by atoms with Crippen LogP contribution in [-0.2, 0) is 0 Å². The van der Waals surface area contributed by atoms with Gasteiger partial charge in [-0.1, -0.05) is 25.1 Å². The quantitative estimate of drug-likeness (QED) is 0.707. The number of nitrogens with one attached hydrogen (secondary N) is 1. The molecule has 0 fully saturated rings. The Morgan fingerprint density at radius 3 is 2.89 bits per heavy atom. The van der Waals surface area contributed by atoms with E-state index in [1.54, 1.807) is 6.20 Å². The summed E-state index contributed by atoms with van der Waals surface area (Å²) in [5, 5.41) is 2.21. The van der Waals surface area contributed by atoms with Crippen LogP contribution in [0.3, 0.4) is 0 Å². The molecule has 2 heterocycles. The van der Waals surface area contributed by atoms with Gasteiger partial charge < -0.3 is 4.98 Å². The number of ketones is 1. The maximum absolute atomic E-state index is 12.1. The Balaban J connectivity index is 2.31. The van der Waals surface area contributed by atoms with E-state index in [0.717, 1.165) is 28.2 Å². The first-order valence-electron chi connectivity index (χ1n) is 6.20. The first kappa shape index (κ1) is 11.0. The van der Waals surface area contributed by atoms with Gasteiger partial charge in [0.2, 0.25) is 0 Å². The third-order valence-electron chi connectivity index (χ3n) is 3.17. The zero-order chi connectivity index (χ0) is 12.5. The number of hydrogen-bond donors (Lipinski definition) is 1. The Morgan fingerprint density at radius 2 is 2.06 bits per heavy atom. The molecule has 0 bridgehead atoms. The van der Waals surface area contributed by atoms with Gasteiger partial charge in [-0.25, -0.2) is 0 Å². The lowest BCUT2D eigenvalue weighted by Crippen LogP contribution is -2.02. The molecule has 3 rings (SSSR count). The first-order chi connectivity index (χ1) is 8.81. The zero-order valence-electron chi connectivity index (χ0n) is 10.2. The lowest BCUT2D eigenvalue weighted by Gasteiger charge is -1.99. The third kappa shape index (κ3) is 1.59. The molecule has 0 atom stereocenters. The number of fused-ring (bicyclic) bond motifs is 3. The molecular formula is C15H14N2O. The molecule has 1 N–H and O–H groups in total. The van der Waals surface area contributed by atoms with E-state index in [-0.39, 0.29) is 5.78 Å². The molecule has 3 nitrogen and oxygen atoms in total. The second kappa shape index (κ2) is 4.26. The molecule has 90 valence electrons. The lowest BCUT2D eigenvalue weighted by atomic mass is 10.1. The van der Waals surface area contributed by atoms with Gasteiger partial charge in [0.15, 0.2) is 5.78 Å². The minimum atomic E-state index is 0.106. The summed E-state index contributed by atoms with van der Waals surface area (Å²) in [4.78, 5) is 19.6. The fourth-order valence-corrected chi connectivity index (χ4v) is 2.33. The van der Waals surface area contributed by atoms with Gasteiger partial charge in [-0.15, -0.1) is 0 Å². The molecule has 0 spiro atoms. The lowest BCUT2D eigenvalue weighted by molar-refractivity contribution is 0.0978. The van der Waals surface area contributed by atoms with Crippen molar-refractivity contribution in [1.82, 2.24) is 9.97 Å². The normalized spacial score (nSPS) is 11.2. The number of pyridine rings is 1. The van der Waals surface area contributed by atoms with Gasteiger partial charge in [-0.2, -0.15) is 0 Å². The number of aromatic nitrogens is 2. The van der Waals surface area contributed by atoms with Crippen LogP contribution < -0.4 is 0 Å². The van der Waals surface area contributed by atoms with E-state index in [9.17, 15) is 4.79 Å². The Kier molecular flexibility index (Phi) is 2.59. The van der Waals surface area contributed by atoms with Crippen LogP contribution in [0.4, 0.5) is 0 Å². The Hall–Kier alpha value is -2.16. The van der Waals surface area contributed by atoms with Gasteiger partial charge in [0.05, 0.1) is 5.52 Å². The highest BCUT2D eigenvalue weighted by atomic mass is 16.1. The smallest absolute Gasteiger partial charge is 0.183 e. The monoisotopic (exact) mass is 238 g/mol. The predicted molar refractivity (Wildman–Crippen MR) is 72.8 cm³/mol. The van der Waals surface area contributed by atoms with E-state index in [4.69, 9.17) is 0 Å². The number of Topliss-reactive ketones (excluding diaryl/α,β-unsaturated/α-hetero) is 1. The molecule has 0 aliphatic heterocycles. The molecule has 0 unspecified atom stereocenters. The standard InChI is InChI=1S/C15H14N2O/c1-2-5-13(18)15-14-11(8-9-16-15)10-6-3-4-7-12(10)17-14/h3-4,6-9,17H,2,5H2,1H3. The highest BCUT2D eigenvalue weighted by Crippen LogP contribution is 2.26. The predicted octanol–water partition coefficient (Wildman–Crippen LogP) is 3.70. The molecule has 0 aliphatic rings. The molecule has 0 aliphatic carbocycles. The number of hydrogen-bond acceptors (Lipinski definition) is 2. The molecule has 3 heteroatoms. The number of benzene rings is 1. The topological polar surface area (TPSA) is 45.8 Å². The second-order valence-corrected chi connectivity index (χ2v) is 4.43. The molecule has 2 aromatic heterocycles. The Bertz CT molecular complexity index is 728. The number of aromatic amines is 1. The van der Waals surface area contributed by atoms with Crippen molar-refractivity contribution in [3.05, 3.63) is 42.2 Å². The van der Waals surface area contributed by atoms with Crippen LogP contribution in [0.2, 0.25) is 0 Å². The van der Waals surface area contributed by atoms with Crippen molar-refractivity contribution in [2.75, 3.05) is 0 Å². The maximum Gasteiger partial charge on any atom is 0.183 e. The first-order valence-corrected chi connectivity index (χ1v) is 6.20. The number of carbonyl (C=O) groups is 1. The van der Waals surface area contributed by atoms with Crippen LogP contribution >= 0.6 is 0 Å². The molecule has 0 amide bonds. The maximum atomic E-state index is 12.1.